The van der Waals surface area contributed by atoms with Gasteiger partial charge in [-0.2, -0.15) is 0 Å². The molecular weight excluding hydrogens is 322 g/mol. The van der Waals surface area contributed by atoms with Gasteiger partial charge in [0, 0.05) is 11.4 Å². The van der Waals surface area contributed by atoms with Crippen molar-refractivity contribution >= 4 is 33.2 Å². The summed E-state index contributed by atoms with van der Waals surface area (Å²) in [5.41, 5.74) is 3.26. The predicted molar refractivity (Wildman–Crippen MR) is 83.8 cm³/mol. The molecule has 0 bridgehead atoms. The zero-order valence-corrected chi connectivity index (χ0v) is 13.3. The highest BCUT2D eigenvalue weighted by Gasteiger charge is 2.12. The number of benzene rings is 1. The average molecular weight is 338 g/mol. The molecule has 1 unspecified atom stereocenters. The van der Waals surface area contributed by atoms with Crippen molar-refractivity contribution in [2.24, 2.45) is 0 Å². The molecule has 1 amide bonds. The van der Waals surface area contributed by atoms with Crippen LogP contribution in [0.15, 0.2) is 39.5 Å². The zero-order valence-electron chi connectivity index (χ0n) is 10.9. The Morgan fingerprint density at radius 1 is 1.42 bits per heavy atom. The molecule has 2 nitrogen and oxygen atoms in total. The Morgan fingerprint density at radius 2 is 2.16 bits per heavy atom. The molecule has 100 valence electrons. The Hall–Kier alpha value is -1.13. The normalized spacial score (nSPS) is 12.2. The van der Waals surface area contributed by atoms with Crippen molar-refractivity contribution in [1.29, 1.82) is 0 Å². The first kappa shape index (κ1) is 14.3. The number of thiophene rings is 1. The minimum absolute atomic E-state index is 0.0111. The number of nitrogens with one attached hydrogen (secondary N) is 1. The van der Waals surface area contributed by atoms with Crippen LogP contribution in [-0.2, 0) is 6.42 Å². The van der Waals surface area contributed by atoms with Gasteiger partial charge in [0.15, 0.2) is 0 Å². The van der Waals surface area contributed by atoms with E-state index < -0.39 is 0 Å². The molecule has 1 heterocycles. The van der Waals surface area contributed by atoms with Gasteiger partial charge in [0.1, 0.15) is 0 Å². The number of carbonyl (C=O) groups is 1. The molecule has 0 aliphatic carbocycles. The fourth-order valence-corrected chi connectivity index (χ4v) is 3.09. The first-order valence-corrected chi connectivity index (χ1v) is 7.83. The minimum Gasteiger partial charge on any atom is -0.349 e. The van der Waals surface area contributed by atoms with Crippen molar-refractivity contribution in [3.63, 3.8) is 0 Å². The summed E-state index contributed by atoms with van der Waals surface area (Å²) in [4.78, 5) is 12.0. The molecule has 0 saturated carbocycles. The summed E-state index contributed by atoms with van der Waals surface area (Å²) in [6.45, 7) is 4.13. The standard InChI is InChI=1S/C15H16BrNOS/c1-10-5-3-4-6-12(10)7-11(2)17-15(18)13-8-14(16)19-9-13/h3-6,8-9,11H,7H2,1-2H3,(H,17,18). The zero-order chi connectivity index (χ0) is 13.8. The van der Waals surface area contributed by atoms with Crippen LogP contribution < -0.4 is 5.32 Å². The van der Waals surface area contributed by atoms with Crippen molar-refractivity contribution in [2.75, 3.05) is 0 Å². The van der Waals surface area contributed by atoms with Crippen LogP contribution in [0, 0.1) is 6.92 Å². The second-order valence-electron chi connectivity index (χ2n) is 4.64. The van der Waals surface area contributed by atoms with Crippen molar-refractivity contribution in [3.05, 3.63) is 56.2 Å². The van der Waals surface area contributed by atoms with Crippen molar-refractivity contribution in [3.8, 4) is 0 Å². The van der Waals surface area contributed by atoms with Gasteiger partial charge in [-0.15, -0.1) is 11.3 Å². The Kier molecular flexibility index (Phi) is 4.77. The molecule has 0 radical (unpaired) electrons. The van der Waals surface area contributed by atoms with Crippen LogP contribution in [0.25, 0.3) is 0 Å². The first-order valence-electron chi connectivity index (χ1n) is 6.15. The lowest BCUT2D eigenvalue weighted by molar-refractivity contribution is 0.0940. The number of hydrogen-bond acceptors (Lipinski definition) is 2. The number of hydrogen-bond donors (Lipinski definition) is 1. The summed E-state index contributed by atoms with van der Waals surface area (Å²) < 4.78 is 0.976. The van der Waals surface area contributed by atoms with Crippen LogP contribution in [0.3, 0.4) is 0 Å². The lowest BCUT2D eigenvalue weighted by Crippen LogP contribution is -2.34. The van der Waals surface area contributed by atoms with E-state index in [1.165, 1.54) is 22.5 Å². The number of rotatable bonds is 4. The van der Waals surface area contributed by atoms with Gasteiger partial charge in [-0.25, -0.2) is 0 Å². The number of aryl methyl sites for hydroxylation is 1. The van der Waals surface area contributed by atoms with Gasteiger partial charge >= 0.3 is 0 Å². The summed E-state index contributed by atoms with van der Waals surface area (Å²) in [5, 5.41) is 4.89. The van der Waals surface area contributed by atoms with E-state index in [0.717, 1.165) is 10.2 Å². The Morgan fingerprint density at radius 3 is 2.79 bits per heavy atom. The van der Waals surface area contributed by atoms with E-state index in [9.17, 15) is 4.79 Å². The molecule has 1 atom stereocenters. The summed E-state index contributed by atoms with van der Waals surface area (Å²) >= 11 is 4.89. The molecular formula is C15H16BrNOS. The minimum atomic E-state index is -0.0111. The number of amides is 1. The maximum Gasteiger partial charge on any atom is 0.252 e. The van der Waals surface area contributed by atoms with Gasteiger partial charge in [0.2, 0.25) is 0 Å². The first-order chi connectivity index (χ1) is 9.06. The van der Waals surface area contributed by atoms with Crippen molar-refractivity contribution in [1.82, 2.24) is 5.32 Å². The Balaban J connectivity index is 1.96. The topological polar surface area (TPSA) is 29.1 Å². The highest BCUT2D eigenvalue weighted by atomic mass is 79.9. The van der Waals surface area contributed by atoms with Crippen LogP contribution in [0.2, 0.25) is 0 Å². The third-order valence-corrected chi connectivity index (χ3v) is 4.50. The fraction of sp³-hybridized carbons (Fsp3) is 0.267. The molecule has 0 saturated heterocycles. The lowest BCUT2D eigenvalue weighted by atomic mass is 10.0. The molecule has 1 N–H and O–H groups in total. The highest BCUT2D eigenvalue weighted by Crippen LogP contribution is 2.20. The van der Waals surface area contributed by atoms with Gasteiger partial charge in [0.25, 0.3) is 5.91 Å². The second kappa shape index (κ2) is 6.35. The van der Waals surface area contributed by atoms with Crippen LogP contribution in [0.5, 0.6) is 0 Å². The Bertz CT molecular complexity index is 579. The van der Waals surface area contributed by atoms with E-state index in [4.69, 9.17) is 0 Å². The van der Waals surface area contributed by atoms with Gasteiger partial charge in [-0.1, -0.05) is 24.3 Å². The van der Waals surface area contributed by atoms with E-state index in [0.29, 0.717) is 5.56 Å². The molecule has 19 heavy (non-hydrogen) atoms. The Labute approximate surface area is 126 Å². The molecule has 0 aliphatic heterocycles. The molecule has 0 fully saturated rings. The van der Waals surface area contributed by atoms with Crippen molar-refractivity contribution in [2.45, 2.75) is 26.3 Å². The smallest absolute Gasteiger partial charge is 0.252 e. The fourth-order valence-electron chi connectivity index (χ4n) is 1.96. The summed E-state index contributed by atoms with van der Waals surface area (Å²) in [6, 6.07) is 10.2. The van der Waals surface area contributed by atoms with Gasteiger partial charge < -0.3 is 5.32 Å². The van der Waals surface area contributed by atoms with Crippen LogP contribution >= 0.6 is 27.3 Å². The number of halogens is 1. The van der Waals surface area contributed by atoms with Crippen LogP contribution in [0.4, 0.5) is 0 Å². The molecule has 0 aliphatic rings. The summed E-state index contributed by atoms with van der Waals surface area (Å²) in [7, 11) is 0. The summed E-state index contributed by atoms with van der Waals surface area (Å²) in [6.07, 6.45) is 0.851. The molecule has 1 aromatic heterocycles. The SMILES string of the molecule is Cc1ccccc1CC(C)NC(=O)c1csc(Br)c1. The quantitative estimate of drug-likeness (QED) is 0.890. The van der Waals surface area contributed by atoms with Gasteiger partial charge in [0.05, 0.1) is 9.35 Å². The van der Waals surface area contributed by atoms with Crippen molar-refractivity contribution < 1.29 is 4.79 Å². The predicted octanol–water partition coefficient (Wildman–Crippen LogP) is 4.18. The molecule has 2 aromatic rings. The molecule has 1 aromatic carbocycles. The number of carbonyl (C=O) groups excluding carboxylic acids is 1. The molecule has 0 spiro atoms. The highest BCUT2D eigenvalue weighted by molar-refractivity contribution is 9.11. The van der Waals surface area contributed by atoms with E-state index >= 15 is 0 Å². The van der Waals surface area contributed by atoms with Crippen LogP contribution in [-0.4, -0.2) is 11.9 Å². The van der Waals surface area contributed by atoms with E-state index in [-0.39, 0.29) is 11.9 Å². The second-order valence-corrected chi connectivity index (χ2v) is 6.94. The van der Waals surface area contributed by atoms with Gasteiger partial charge in [-0.05, 0) is 53.4 Å². The largest absolute Gasteiger partial charge is 0.349 e. The van der Waals surface area contributed by atoms with Crippen LogP contribution in [0.1, 0.15) is 28.4 Å². The monoisotopic (exact) mass is 337 g/mol. The summed E-state index contributed by atoms with van der Waals surface area (Å²) in [5.74, 6) is -0.0111. The van der Waals surface area contributed by atoms with Gasteiger partial charge in [-0.3, -0.25) is 4.79 Å². The molecule has 2 rings (SSSR count). The lowest BCUT2D eigenvalue weighted by Gasteiger charge is -2.14. The van der Waals surface area contributed by atoms with E-state index in [2.05, 4.69) is 40.3 Å². The van der Waals surface area contributed by atoms with E-state index in [1.807, 2.05) is 30.5 Å². The average Bonchev–Trinajstić information content (AvgIpc) is 2.79. The third kappa shape index (κ3) is 3.91. The third-order valence-electron chi connectivity index (χ3n) is 2.99. The molecule has 4 heteroatoms. The van der Waals surface area contributed by atoms with E-state index in [1.54, 1.807) is 0 Å². The maximum absolute atomic E-state index is 12.0. The maximum atomic E-state index is 12.0.